The summed E-state index contributed by atoms with van der Waals surface area (Å²) in [5.74, 6) is 1.13. The first-order valence-corrected chi connectivity index (χ1v) is 10.2. The van der Waals surface area contributed by atoms with Gasteiger partial charge in [-0.1, -0.05) is 24.3 Å². The van der Waals surface area contributed by atoms with Gasteiger partial charge in [0.1, 0.15) is 17.6 Å². The highest BCUT2D eigenvalue weighted by atomic mass is 19.1. The fraction of sp³-hybridized carbons (Fsp3) is 0.125. The number of amides is 1. The van der Waals surface area contributed by atoms with Crippen molar-refractivity contribution in [2.24, 2.45) is 0 Å². The third-order valence-electron chi connectivity index (χ3n) is 5.38. The second-order valence-electron chi connectivity index (χ2n) is 7.45. The maximum atomic E-state index is 13.7. The number of nitrogens with zero attached hydrogens (tertiary/aromatic N) is 3. The lowest BCUT2D eigenvalue weighted by molar-refractivity contribution is -0.113. The Morgan fingerprint density at radius 2 is 1.94 bits per heavy atom. The molecule has 0 saturated heterocycles. The number of anilines is 2. The maximum absolute atomic E-state index is 13.7. The van der Waals surface area contributed by atoms with Crippen molar-refractivity contribution >= 4 is 17.5 Å². The van der Waals surface area contributed by atoms with Gasteiger partial charge in [0.2, 0.25) is 11.8 Å². The van der Waals surface area contributed by atoms with E-state index in [4.69, 9.17) is 9.15 Å². The fourth-order valence-electron chi connectivity index (χ4n) is 3.85. The number of aromatic nitrogens is 3. The van der Waals surface area contributed by atoms with E-state index in [1.54, 1.807) is 54.1 Å². The predicted octanol–water partition coefficient (Wildman–Crippen LogP) is 4.61. The van der Waals surface area contributed by atoms with E-state index in [0.29, 0.717) is 45.8 Å². The Bertz CT molecular complexity index is 1340. The number of benzene rings is 2. The Balaban J connectivity index is 1.60. The molecule has 1 aliphatic heterocycles. The minimum Gasteiger partial charge on any atom is -0.495 e. The first-order valence-electron chi connectivity index (χ1n) is 10.2. The van der Waals surface area contributed by atoms with Crippen molar-refractivity contribution in [3.8, 4) is 17.3 Å². The standard InChI is InChI=1S/C24H20FN5O3/c1-14-20(23(31)27-17-6-3-4-7-18(17)32-2)21(15-9-11-16(25)12-10-15)30-24(26-14)28-22(29-30)19-8-5-13-33-19/h3-13,21H,1-2H3,(H,27,31)(H,26,28,29)/t21-/m0/s1. The normalized spacial score (nSPS) is 15.1. The minimum atomic E-state index is -0.646. The second kappa shape index (κ2) is 8.27. The van der Waals surface area contributed by atoms with Gasteiger partial charge < -0.3 is 19.8 Å². The smallest absolute Gasteiger partial charge is 0.255 e. The largest absolute Gasteiger partial charge is 0.495 e. The molecule has 4 aromatic rings. The third kappa shape index (κ3) is 3.73. The van der Waals surface area contributed by atoms with E-state index in [-0.39, 0.29) is 11.7 Å². The molecule has 1 aliphatic rings. The van der Waals surface area contributed by atoms with Gasteiger partial charge in [0.05, 0.1) is 24.6 Å². The van der Waals surface area contributed by atoms with Crippen LogP contribution in [0.25, 0.3) is 11.6 Å². The molecule has 3 heterocycles. The second-order valence-corrected chi connectivity index (χ2v) is 7.45. The number of carbonyl (C=O) groups is 1. The van der Waals surface area contributed by atoms with Crippen molar-refractivity contribution in [1.82, 2.24) is 14.8 Å². The van der Waals surface area contributed by atoms with E-state index in [1.807, 2.05) is 6.07 Å². The van der Waals surface area contributed by atoms with Crippen LogP contribution in [-0.4, -0.2) is 27.8 Å². The molecule has 0 unspecified atom stereocenters. The SMILES string of the molecule is COc1ccccc1NC(=O)C1=C(C)Nc2nc(-c3ccco3)nn2[C@H]1c1ccc(F)cc1. The van der Waals surface area contributed by atoms with E-state index in [9.17, 15) is 9.18 Å². The summed E-state index contributed by atoms with van der Waals surface area (Å²) in [5.41, 5.74) is 2.22. The van der Waals surface area contributed by atoms with Crippen molar-refractivity contribution in [2.75, 3.05) is 17.7 Å². The van der Waals surface area contributed by atoms with Gasteiger partial charge in [0, 0.05) is 5.70 Å². The van der Waals surface area contributed by atoms with Gasteiger partial charge in [-0.3, -0.25) is 4.79 Å². The molecule has 5 rings (SSSR count). The van der Waals surface area contributed by atoms with Crippen LogP contribution < -0.4 is 15.4 Å². The molecule has 0 aliphatic carbocycles. The molecule has 166 valence electrons. The van der Waals surface area contributed by atoms with Crippen molar-refractivity contribution in [3.05, 3.63) is 89.6 Å². The van der Waals surface area contributed by atoms with Crippen LogP contribution in [0, 0.1) is 5.82 Å². The molecule has 2 N–H and O–H groups in total. The molecular weight excluding hydrogens is 425 g/mol. The number of allylic oxidation sites excluding steroid dienone is 1. The van der Waals surface area contributed by atoms with Gasteiger partial charge in [-0.05, 0) is 48.9 Å². The number of ether oxygens (including phenoxy) is 1. The van der Waals surface area contributed by atoms with Gasteiger partial charge in [-0.15, -0.1) is 5.10 Å². The summed E-state index contributed by atoms with van der Waals surface area (Å²) < 4.78 is 26.1. The summed E-state index contributed by atoms with van der Waals surface area (Å²) in [6, 6.07) is 16.0. The van der Waals surface area contributed by atoms with Gasteiger partial charge >= 0.3 is 0 Å². The van der Waals surface area contributed by atoms with Crippen LogP contribution in [-0.2, 0) is 4.79 Å². The molecule has 9 heteroatoms. The monoisotopic (exact) mass is 445 g/mol. The molecular formula is C24H20FN5O3. The molecule has 33 heavy (non-hydrogen) atoms. The molecule has 1 amide bonds. The molecule has 1 atom stereocenters. The number of nitrogens with one attached hydrogen (secondary N) is 2. The summed E-state index contributed by atoms with van der Waals surface area (Å²) in [6.07, 6.45) is 1.54. The Morgan fingerprint density at radius 1 is 1.15 bits per heavy atom. The molecule has 0 fully saturated rings. The van der Waals surface area contributed by atoms with Crippen molar-refractivity contribution in [3.63, 3.8) is 0 Å². The highest BCUT2D eigenvalue weighted by Crippen LogP contribution is 2.37. The number of hydrogen-bond donors (Lipinski definition) is 2. The zero-order valence-electron chi connectivity index (χ0n) is 17.9. The summed E-state index contributed by atoms with van der Waals surface area (Å²) >= 11 is 0. The lowest BCUT2D eigenvalue weighted by atomic mass is 9.95. The van der Waals surface area contributed by atoms with Crippen LogP contribution in [0.4, 0.5) is 16.0 Å². The fourth-order valence-corrected chi connectivity index (χ4v) is 3.85. The molecule has 0 bridgehead atoms. The number of rotatable bonds is 5. The van der Waals surface area contributed by atoms with E-state index < -0.39 is 6.04 Å². The van der Waals surface area contributed by atoms with Crippen LogP contribution in [0.1, 0.15) is 18.5 Å². The van der Waals surface area contributed by atoms with E-state index in [2.05, 4.69) is 20.7 Å². The Kier molecular flexibility index (Phi) is 5.14. The highest BCUT2D eigenvalue weighted by molar-refractivity contribution is 6.06. The van der Waals surface area contributed by atoms with Crippen molar-refractivity contribution in [2.45, 2.75) is 13.0 Å². The first-order chi connectivity index (χ1) is 16.0. The van der Waals surface area contributed by atoms with Crippen LogP contribution in [0.3, 0.4) is 0 Å². The van der Waals surface area contributed by atoms with Gasteiger partial charge in [0.15, 0.2) is 5.76 Å². The van der Waals surface area contributed by atoms with Crippen molar-refractivity contribution < 1.29 is 18.3 Å². The molecule has 2 aromatic heterocycles. The van der Waals surface area contributed by atoms with Gasteiger partial charge in [-0.2, -0.15) is 4.98 Å². The van der Waals surface area contributed by atoms with Crippen LogP contribution in [0.15, 0.2) is 82.6 Å². The van der Waals surface area contributed by atoms with Crippen molar-refractivity contribution in [1.29, 1.82) is 0 Å². The average molecular weight is 445 g/mol. The maximum Gasteiger partial charge on any atom is 0.255 e. The molecule has 0 saturated carbocycles. The van der Waals surface area contributed by atoms with E-state index >= 15 is 0 Å². The number of hydrogen-bond acceptors (Lipinski definition) is 6. The Labute approximate surface area is 188 Å². The number of methoxy groups -OCH3 is 1. The van der Waals surface area contributed by atoms with Gasteiger partial charge in [-0.25, -0.2) is 9.07 Å². The molecule has 8 nitrogen and oxygen atoms in total. The summed E-state index contributed by atoms with van der Waals surface area (Å²) in [6.45, 7) is 1.79. The van der Waals surface area contributed by atoms with Crippen LogP contribution in [0.2, 0.25) is 0 Å². The van der Waals surface area contributed by atoms with Crippen LogP contribution >= 0.6 is 0 Å². The molecule has 0 radical (unpaired) electrons. The number of para-hydroxylation sites is 2. The quantitative estimate of drug-likeness (QED) is 0.466. The summed E-state index contributed by atoms with van der Waals surface area (Å²) in [7, 11) is 1.54. The number of furan rings is 1. The van der Waals surface area contributed by atoms with E-state index in [1.165, 1.54) is 25.5 Å². The highest BCUT2D eigenvalue weighted by Gasteiger charge is 2.35. The summed E-state index contributed by atoms with van der Waals surface area (Å²) in [4.78, 5) is 18.1. The van der Waals surface area contributed by atoms with E-state index in [0.717, 1.165) is 0 Å². The predicted molar refractivity (Wildman–Crippen MR) is 120 cm³/mol. The minimum absolute atomic E-state index is 0.348. The third-order valence-corrected chi connectivity index (χ3v) is 5.38. The lowest BCUT2D eigenvalue weighted by Crippen LogP contribution is -2.31. The lowest BCUT2D eigenvalue weighted by Gasteiger charge is -2.28. The first kappa shape index (κ1) is 20.5. The number of fused-ring (bicyclic) bond motifs is 1. The zero-order chi connectivity index (χ0) is 22.9. The zero-order valence-corrected chi connectivity index (χ0v) is 17.9. The Hall–Kier alpha value is -4.40. The average Bonchev–Trinajstić information content (AvgIpc) is 3.49. The number of carbonyl (C=O) groups excluding carboxylic acids is 1. The summed E-state index contributed by atoms with van der Waals surface area (Å²) in [5, 5.41) is 10.7. The topological polar surface area (TPSA) is 94.2 Å². The van der Waals surface area contributed by atoms with Gasteiger partial charge in [0.25, 0.3) is 5.91 Å². The molecule has 0 spiro atoms. The van der Waals surface area contributed by atoms with Crippen LogP contribution in [0.5, 0.6) is 5.75 Å². The number of halogens is 1. The molecule has 2 aromatic carbocycles. The Morgan fingerprint density at radius 3 is 2.67 bits per heavy atom.